The predicted octanol–water partition coefficient (Wildman–Crippen LogP) is -7.99. The van der Waals surface area contributed by atoms with Gasteiger partial charge in [0.15, 0.2) is 5.96 Å². The topological polar surface area (TPSA) is 363 Å². The van der Waals surface area contributed by atoms with Gasteiger partial charge in [0.05, 0.1) is 26.4 Å². The van der Waals surface area contributed by atoms with Gasteiger partial charge in [-0.15, -0.1) is 0 Å². The van der Waals surface area contributed by atoms with E-state index in [1.165, 1.54) is 13.8 Å². The van der Waals surface area contributed by atoms with Crippen LogP contribution in [-0.4, -0.2) is 137 Å². The van der Waals surface area contributed by atoms with E-state index in [1.54, 1.807) is 0 Å². The van der Waals surface area contributed by atoms with E-state index in [0.29, 0.717) is 0 Å². The highest BCUT2D eigenvalue weighted by atomic mass is 16.4. The molecule has 0 aliphatic carbocycles. The zero-order valence-corrected chi connectivity index (χ0v) is 24.2. The Kier molecular flexibility index (Phi) is 18.2. The van der Waals surface area contributed by atoms with E-state index in [1.807, 2.05) is 5.32 Å². The normalized spacial score (nSPS) is 14.7. The monoisotopic (exact) mass is 634 g/mol. The SMILES string of the molecule is C[C@H](NC(=O)CN)C(=O)N[C@@H](CO)C(=O)N[C@@H](CO)C(=O)N[C@@H](CCCN=C(N)N)C(=O)N[C@@H](C)C(=O)N[C@@H](CO)C(=O)O. The Morgan fingerprint density at radius 3 is 1.48 bits per heavy atom. The molecule has 44 heavy (non-hydrogen) atoms. The molecule has 250 valence electrons. The van der Waals surface area contributed by atoms with Crippen LogP contribution >= 0.6 is 0 Å². The van der Waals surface area contributed by atoms with E-state index in [9.17, 15) is 43.8 Å². The van der Waals surface area contributed by atoms with Gasteiger partial charge in [0.25, 0.3) is 0 Å². The Balaban J connectivity index is 5.58. The summed E-state index contributed by atoms with van der Waals surface area (Å²) >= 11 is 0. The van der Waals surface area contributed by atoms with Crippen molar-refractivity contribution in [3.63, 3.8) is 0 Å². The first kappa shape index (κ1) is 39.4. The number of carbonyl (C=O) groups is 7. The number of carboxylic acid groups (broad SMARTS) is 1. The number of nitrogens with one attached hydrogen (secondary N) is 6. The first-order valence-corrected chi connectivity index (χ1v) is 13.2. The van der Waals surface area contributed by atoms with E-state index < -0.39 is 104 Å². The number of hydrogen-bond donors (Lipinski definition) is 13. The number of aliphatic hydroxyl groups excluding tert-OH is 3. The molecule has 0 aromatic heterocycles. The Labute approximate surface area is 251 Å². The molecule has 0 saturated heterocycles. The molecule has 0 aromatic carbocycles. The van der Waals surface area contributed by atoms with Crippen molar-refractivity contribution in [3.8, 4) is 0 Å². The van der Waals surface area contributed by atoms with Crippen LogP contribution in [-0.2, 0) is 33.6 Å². The number of nitrogens with two attached hydrogens (primary N) is 3. The van der Waals surface area contributed by atoms with Crippen molar-refractivity contribution in [2.24, 2.45) is 22.2 Å². The number of amides is 6. The second kappa shape index (κ2) is 20.3. The van der Waals surface area contributed by atoms with E-state index in [4.69, 9.17) is 27.4 Å². The number of rotatable bonds is 20. The first-order chi connectivity index (χ1) is 20.6. The Morgan fingerprint density at radius 1 is 0.636 bits per heavy atom. The van der Waals surface area contributed by atoms with Gasteiger partial charge < -0.3 is 69.5 Å². The predicted molar refractivity (Wildman–Crippen MR) is 151 cm³/mol. The minimum absolute atomic E-state index is 0.0387. The van der Waals surface area contributed by atoms with E-state index >= 15 is 0 Å². The van der Waals surface area contributed by atoms with Gasteiger partial charge >= 0.3 is 5.97 Å². The molecule has 21 nitrogen and oxygen atoms in total. The fourth-order valence-electron chi connectivity index (χ4n) is 3.23. The zero-order chi connectivity index (χ0) is 34.0. The minimum Gasteiger partial charge on any atom is -0.480 e. The second-order valence-corrected chi connectivity index (χ2v) is 9.30. The van der Waals surface area contributed by atoms with Crippen molar-refractivity contribution in [3.05, 3.63) is 0 Å². The second-order valence-electron chi connectivity index (χ2n) is 9.30. The fourth-order valence-corrected chi connectivity index (χ4v) is 3.23. The van der Waals surface area contributed by atoms with Crippen LogP contribution in [0.25, 0.3) is 0 Å². The van der Waals surface area contributed by atoms with Crippen LogP contribution in [0.2, 0.25) is 0 Å². The number of aliphatic hydroxyl groups is 3. The molecule has 0 rings (SSSR count). The molecule has 6 amide bonds. The van der Waals surface area contributed by atoms with Crippen molar-refractivity contribution in [1.29, 1.82) is 0 Å². The molecule has 0 fully saturated rings. The fraction of sp³-hybridized carbons (Fsp3) is 0.652. The summed E-state index contributed by atoms with van der Waals surface area (Å²) in [7, 11) is 0. The van der Waals surface area contributed by atoms with Crippen molar-refractivity contribution >= 4 is 47.4 Å². The number of aliphatic carboxylic acids is 1. The maximum absolute atomic E-state index is 13.0. The third-order valence-corrected chi connectivity index (χ3v) is 5.71. The lowest BCUT2D eigenvalue weighted by Crippen LogP contribution is -2.60. The lowest BCUT2D eigenvalue weighted by atomic mass is 10.1. The van der Waals surface area contributed by atoms with Gasteiger partial charge in [-0.05, 0) is 26.7 Å². The summed E-state index contributed by atoms with van der Waals surface area (Å²) in [6.45, 7) is -0.678. The highest BCUT2D eigenvalue weighted by Crippen LogP contribution is 2.02. The molecular weight excluding hydrogens is 592 g/mol. The number of nitrogens with zero attached hydrogens (tertiary/aromatic N) is 1. The van der Waals surface area contributed by atoms with Crippen molar-refractivity contribution in [2.45, 2.75) is 62.9 Å². The van der Waals surface area contributed by atoms with Crippen LogP contribution in [0.3, 0.4) is 0 Å². The van der Waals surface area contributed by atoms with E-state index in [2.05, 4.69) is 31.6 Å². The number of hydrogen-bond acceptors (Lipinski definition) is 12. The van der Waals surface area contributed by atoms with Gasteiger partial charge in [-0.2, -0.15) is 0 Å². The molecule has 21 heteroatoms. The van der Waals surface area contributed by atoms with Gasteiger partial charge in [-0.25, -0.2) is 4.79 Å². The van der Waals surface area contributed by atoms with Gasteiger partial charge in [0.1, 0.15) is 36.3 Å². The number of carbonyl (C=O) groups excluding carboxylic acids is 6. The van der Waals surface area contributed by atoms with Crippen LogP contribution < -0.4 is 49.1 Å². The summed E-state index contributed by atoms with van der Waals surface area (Å²) in [5.41, 5.74) is 15.7. The Morgan fingerprint density at radius 2 is 1.05 bits per heavy atom. The largest absolute Gasteiger partial charge is 0.480 e. The average molecular weight is 635 g/mol. The highest BCUT2D eigenvalue weighted by molar-refractivity contribution is 5.96. The Hall–Kier alpha value is -4.60. The summed E-state index contributed by atoms with van der Waals surface area (Å²) in [5.74, 6) is -7.31. The summed E-state index contributed by atoms with van der Waals surface area (Å²) < 4.78 is 0. The first-order valence-electron chi connectivity index (χ1n) is 13.2. The molecule has 0 saturated carbocycles. The molecule has 16 N–H and O–H groups in total. The molecule has 6 atom stereocenters. The van der Waals surface area contributed by atoms with Gasteiger partial charge in [0, 0.05) is 6.54 Å². The number of aliphatic imine (C=N–C) groups is 1. The highest BCUT2D eigenvalue weighted by Gasteiger charge is 2.31. The lowest BCUT2D eigenvalue weighted by Gasteiger charge is -2.25. The maximum atomic E-state index is 13.0. The van der Waals surface area contributed by atoms with E-state index in [-0.39, 0.29) is 25.3 Å². The maximum Gasteiger partial charge on any atom is 0.328 e. The third-order valence-electron chi connectivity index (χ3n) is 5.71. The molecule has 0 aliphatic rings. The number of guanidine groups is 1. The summed E-state index contributed by atoms with van der Waals surface area (Å²) in [5, 5.41) is 50.5. The molecule has 0 unspecified atom stereocenters. The van der Waals surface area contributed by atoms with Crippen molar-refractivity contribution in [2.75, 3.05) is 32.9 Å². The van der Waals surface area contributed by atoms with Gasteiger partial charge in [0.2, 0.25) is 35.4 Å². The molecular formula is C23H42N10O11. The Bertz CT molecular complexity index is 1050. The molecule has 0 radical (unpaired) electrons. The van der Waals surface area contributed by atoms with Crippen molar-refractivity contribution in [1.82, 2.24) is 31.9 Å². The van der Waals surface area contributed by atoms with Crippen LogP contribution in [0.1, 0.15) is 26.7 Å². The molecule has 0 bridgehead atoms. The van der Waals surface area contributed by atoms with Gasteiger partial charge in [-0.1, -0.05) is 0 Å². The zero-order valence-electron chi connectivity index (χ0n) is 24.2. The standard InChI is InChI=1S/C23H42N10O11/c1-10(28-16(37)6-24)17(38)31-13(7-34)21(42)32-14(8-35)20(41)30-12(4-3-5-27-23(25)26)19(40)29-11(2)18(39)33-15(9-36)22(43)44/h10-15,34-36H,3-9,24H2,1-2H3,(H,28,37)(H,29,40)(H,30,41)(H,31,38)(H,32,42)(H,33,39)(H,43,44)(H4,25,26,27)/t10-,11-,12-,13-,14-,15-/m0/s1. The third kappa shape index (κ3) is 14.5. The summed E-state index contributed by atoms with van der Waals surface area (Å²) in [4.78, 5) is 89.3. The van der Waals surface area contributed by atoms with Crippen LogP contribution in [0.4, 0.5) is 0 Å². The molecule has 0 spiro atoms. The number of carboxylic acids is 1. The lowest BCUT2D eigenvalue weighted by molar-refractivity contribution is -0.143. The summed E-state index contributed by atoms with van der Waals surface area (Å²) in [6.07, 6.45) is 0.0288. The quantitative estimate of drug-likeness (QED) is 0.0336. The van der Waals surface area contributed by atoms with Gasteiger partial charge in [-0.3, -0.25) is 33.8 Å². The van der Waals surface area contributed by atoms with Crippen LogP contribution in [0, 0.1) is 0 Å². The van der Waals surface area contributed by atoms with Crippen LogP contribution in [0.5, 0.6) is 0 Å². The molecule has 0 aromatic rings. The summed E-state index contributed by atoms with van der Waals surface area (Å²) in [6, 6.07) is -8.76. The minimum atomic E-state index is -1.68. The average Bonchev–Trinajstić information content (AvgIpc) is 2.97. The molecule has 0 aliphatic heterocycles. The smallest absolute Gasteiger partial charge is 0.328 e. The van der Waals surface area contributed by atoms with E-state index in [0.717, 1.165) is 0 Å². The van der Waals surface area contributed by atoms with Crippen molar-refractivity contribution < 1.29 is 54.0 Å². The molecule has 0 heterocycles. The van der Waals surface area contributed by atoms with Crippen LogP contribution in [0.15, 0.2) is 4.99 Å².